The predicted molar refractivity (Wildman–Crippen MR) is 122 cm³/mol. The van der Waals surface area contributed by atoms with Crippen molar-refractivity contribution in [3.63, 3.8) is 0 Å². The summed E-state index contributed by atoms with van der Waals surface area (Å²) < 4.78 is 33.0. The fourth-order valence-electron chi connectivity index (χ4n) is 4.56. The first kappa shape index (κ1) is 22.5. The molecule has 32 heavy (non-hydrogen) atoms. The van der Waals surface area contributed by atoms with Crippen molar-refractivity contribution in [2.75, 3.05) is 25.0 Å². The van der Waals surface area contributed by atoms with Crippen molar-refractivity contribution in [3.05, 3.63) is 53.1 Å². The Morgan fingerprint density at radius 1 is 1.16 bits per heavy atom. The molecule has 1 fully saturated rings. The number of nitrogens with zero attached hydrogens (tertiary/aromatic N) is 1. The molecule has 0 radical (unpaired) electrons. The van der Waals surface area contributed by atoms with E-state index >= 15 is 0 Å². The molecule has 1 amide bonds. The van der Waals surface area contributed by atoms with Gasteiger partial charge in [0.15, 0.2) is 12.4 Å². The molecule has 0 unspecified atom stereocenters. The Morgan fingerprint density at radius 3 is 2.66 bits per heavy atom. The first-order valence-electron chi connectivity index (χ1n) is 11.0. The van der Waals surface area contributed by atoms with Crippen LogP contribution < -0.4 is 10.1 Å². The van der Waals surface area contributed by atoms with E-state index in [0.717, 1.165) is 30.4 Å². The maximum atomic E-state index is 12.9. The molecule has 1 heterocycles. The van der Waals surface area contributed by atoms with E-state index in [1.165, 1.54) is 10.4 Å². The molecule has 1 aliphatic heterocycles. The highest BCUT2D eigenvalue weighted by Gasteiger charge is 2.31. The SMILES string of the molecule is Cc1ccc(OCC(=O)Nc2cccc(S(=O)(=O)N3CCCCC3)c2)c2c1[C@H](C)CC2=O. The molecule has 0 saturated carbocycles. The molecule has 2 aliphatic rings. The van der Waals surface area contributed by atoms with Crippen LogP contribution in [-0.4, -0.2) is 44.1 Å². The molecule has 1 aliphatic carbocycles. The zero-order valence-corrected chi connectivity index (χ0v) is 19.2. The quantitative estimate of drug-likeness (QED) is 0.712. The van der Waals surface area contributed by atoms with Crippen LogP contribution in [0.5, 0.6) is 5.75 Å². The molecule has 2 aromatic rings. The van der Waals surface area contributed by atoms with Gasteiger partial charge in [0.1, 0.15) is 5.75 Å². The standard InChI is InChI=1S/C24H28N2O5S/c1-16-9-10-21(24-20(27)13-17(2)23(16)24)31-15-22(28)25-18-7-6-8-19(14-18)32(29,30)26-11-4-3-5-12-26/h6-10,14,17H,3-5,11-13,15H2,1-2H3,(H,25,28)/t17-/m1/s1. The number of fused-ring (bicyclic) bond motifs is 1. The molecular weight excluding hydrogens is 428 g/mol. The van der Waals surface area contributed by atoms with Crippen molar-refractivity contribution >= 4 is 27.4 Å². The number of carbonyl (C=O) groups is 2. The summed E-state index contributed by atoms with van der Waals surface area (Å²) in [5, 5.41) is 2.69. The summed E-state index contributed by atoms with van der Waals surface area (Å²) in [7, 11) is -3.58. The number of amides is 1. The van der Waals surface area contributed by atoms with Crippen LogP contribution >= 0.6 is 0 Å². The van der Waals surface area contributed by atoms with Crippen molar-refractivity contribution in [2.24, 2.45) is 0 Å². The second-order valence-electron chi connectivity index (χ2n) is 8.53. The average molecular weight is 457 g/mol. The lowest BCUT2D eigenvalue weighted by Gasteiger charge is -2.26. The van der Waals surface area contributed by atoms with E-state index < -0.39 is 15.9 Å². The van der Waals surface area contributed by atoms with Crippen LogP contribution in [0.2, 0.25) is 0 Å². The Labute approximate surface area is 188 Å². The summed E-state index contributed by atoms with van der Waals surface area (Å²) in [6, 6.07) is 9.89. The number of ketones is 1. The number of sulfonamides is 1. The Hall–Kier alpha value is -2.71. The van der Waals surface area contributed by atoms with E-state index in [4.69, 9.17) is 4.74 Å². The minimum atomic E-state index is -3.58. The van der Waals surface area contributed by atoms with Gasteiger partial charge < -0.3 is 10.1 Å². The van der Waals surface area contributed by atoms with E-state index in [-0.39, 0.29) is 23.2 Å². The van der Waals surface area contributed by atoms with Crippen LogP contribution in [0.4, 0.5) is 5.69 Å². The summed E-state index contributed by atoms with van der Waals surface area (Å²) in [5.41, 5.74) is 2.99. The number of rotatable bonds is 6. The maximum Gasteiger partial charge on any atom is 0.262 e. The molecule has 0 bridgehead atoms. The molecule has 0 aromatic heterocycles. The molecule has 8 heteroatoms. The lowest BCUT2D eigenvalue weighted by atomic mass is 9.97. The van der Waals surface area contributed by atoms with Crippen LogP contribution in [0.25, 0.3) is 0 Å². The summed E-state index contributed by atoms with van der Waals surface area (Å²) >= 11 is 0. The summed E-state index contributed by atoms with van der Waals surface area (Å²) in [4.78, 5) is 25.0. The van der Waals surface area contributed by atoms with Crippen LogP contribution in [0.3, 0.4) is 0 Å². The highest BCUT2D eigenvalue weighted by Crippen LogP contribution is 2.40. The Kier molecular flexibility index (Phi) is 6.35. The minimum Gasteiger partial charge on any atom is -0.483 e. The molecule has 4 rings (SSSR count). The lowest BCUT2D eigenvalue weighted by Crippen LogP contribution is -2.35. The summed E-state index contributed by atoms with van der Waals surface area (Å²) in [5.74, 6) is 0.156. The van der Waals surface area contributed by atoms with Crippen LogP contribution in [0, 0.1) is 6.92 Å². The number of Topliss-reactive ketones (excluding diaryl/α,β-unsaturated/α-hetero) is 1. The van der Waals surface area contributed by atoms with Crippen molar-refractivity contribution < 1.29 is 22.7 Å². The third kappa shape index (κ3) is 4.42. The van der Waals surface area contributed by atoms with Crippen LogP contribution in [-0.2, 0) is 14.8 Å². The topological polar surface area (TPSA) is 92.8 Å². The molecule has 1 saturated heterocycles. The number of piperidine rings is 1. The molecule has 1 N–H and O–H groups in total. The first-order valence-corrected chi connectivity index (χ1v) is 12.4. The van der Waals surface area contributed by atoms with E-state index in [1.54, 1.807) is 24.3 Å². The number of ether oxygens (including phenoxy) is 1. The smallest absolute Gasteiger partial charge is 0.262 e. The highest BCUT2D eigenvalue weighted by atomic mass is 32.2. The monoisotopic (exact) mass is 456 g/mol. The molecule has 170 valence electrons. The van der Waals surface area contributed by atoms with E-state index in [2.05, 4.69) is 5.32 Å². The van der Waals surface area contributed by atoms with Gasteiger partial charge in [-0.1, -0.05) is 25.5 Å². The van der Waals surface area contributed by atoms with Gasteiger partial charge in [0.25, 0.3) is 5.91 Å². The normalized spacial score (nSPS) is 18.9. The van der Waals surface area contributed by atoms with Crippen molar-refractivity contribution in [1.29, 1.82) is 0 Å². The van der Waals surface area contributed by atoms with Gasteiger partial charge >= 0.3 is 0 Å². The number of nitrogens with one attached hydrogen (secondary N) is 1. The Bertz CT molecular complexity index is 1150. The zero-order chi connectivity index (χ0) is 22.9. The van der Waals surface area contributed by atoms with Gasteiger partial charge in [0, 0.05) is 25.2 Å². The maximum absolute atomic E-state index is 12.9. The third-order valence-corrected chi connectivity index (χ3v) is 8.01. The zero-order valence-electron chi connectivity index (χ0n) is 18.4. The Balaban J connectivity index is 1.44. The largest absolute Gasteiger partial charge is 0.483 e. The van der Waals surface area contributed by atoms with E-state index in [1.807, 2.05) is 19.9 Å². The van der Waals surface area contributed by atoms with Gasteiger partial charge in [-0.15, -0.1) is 0 Å². The molecule has 0 spiro atoms. The number of benzene rings is 2. The van der Waals surface area contributed by atoms with Crippen LogP contribution in [0.15, 0.2) is 41.3 Å². The van der Waals surface area contributed by atoms with Gasteiger partial charge in [-0.05, 0) is 61.1 Å². The highest BCUT2D eigenvalue weighted by molar-refractivity contribution is 7.89. The molecular formula is C24H28N2O5S. The third-order valence-electron chi connectivity index (χ3n) is 6.12. The number of anilines is 1. The number of aryl methyl sites for hydroxylation is 1. The van der Waals surface area contributed by atoms with E-state index in [9.17, 15) is 18.0 Å². The van der Waals surface area contributed by atoms with Gasteiger partial charge in [0.2, 0.25) is 10.0 Å². The molecule has 7 nitrogen and oxygen atoms in total. The van der Waals surface area contributed by atoms with Crippen molar-refractivity contribution in [1.82, 2.24) is 4.31 Å². The second kappa shape index (κ2) is 9.03. The predicted octanol–water partition coefficient (Wildman–Crippen LogP) is 3.88. The fourth-order valence-corrected chi connectivity index (χ4v) is 6.12. The molecule has 2 aromatic carbocycles. The fraction of sp³-hybridized carbons (Fsp3) is 0.417. The van der Waals surface area contributed by atoms with E-state index in [0.29, 0.717) is 36.5 Å². The van der Waals surface area contributed by atoms with Crippen molar-refractivity contribution in [3.8, 4) is 5.75 Å². The Morgan fingerprint density at radius 2 is 1.91 bits per heavy atom. The lowest BCUT2D eigenvalue weighted by molar-refractivity contribution is -0.118. The average Bonchev–Trinajstić information content (AvgIpc) is 3.09. The van der Waals surface area contributed by atoms with Gasteiger partial charge in [-0.2, -0.15) is 4.31 Å². The minimum absolute atomic E-state index is 0.0298. The number of hydrogen-bond acceptors (Lipinski definition) is 5. The summed E-state index contributed by atoms with van der Waals surface area (Å²) in [6.07, 6.45) is 3.20. The first-order chi connectivity index (χ1) is 15.3. The van der Waals surface area contributed by atoms with Crippen LogP contribution in [0.1, 0.15) is 60.0 Å². The molecule has 1 atom stereocenters. The number of hydrogen-bond donors (Lipinski definition) is 1. The van der Waals surface area contributed by atoms with Crippen molar-refractivity contribution in [2.45, 2.75) is 50.3 Å². The number of carbonyl (C=O) groups excluding carboxylic acids is 2. The second-order valence-corrected chi connectivity index (χ2v) is 10.5. The van der Waals surface area contributed by atoms with Gasteiger partial charge in [-0.25, -0.2) is 8.42 Å². The summed E-state index contributed by atoms with van der Waals surface area (Å²) in [6.45, 7) is 4.74. The van der Waals surface area contributed by atoms with Gasteiger partial charge in [-0.3, -0.25) is 9.59 Å². The van der Waals surface area contributed by atoms with Gasteiger partial charge in [0.05, 0.1) is 10.5 Å².